The number of piperidine rings is 2. The Morgan fingerprint density at radius 3 is 2.48 bits per heavy atom. The van der Waals surface area contributed by atoms with Crippen LogP contribution >= 0.6 is 0 Å². The van der Waals surface area contributed by atoms with Crippen molar-refractivity contribution in [2.24, 2.45) is 5.92 Å². The molecular formula is C23H29N5O. The van der Waals surface area contributed by atoms with Gasteiger partial charge in [-0.3, -0.25) is 14.8 Å². The van der Waals surface area contributed by atoms with Crippen molar-refractivity contribution in [1.29, 1.82) is 5.26 Å². The molecule has 29 heavy (non-hydrogen) atoms. The number of carbonyl (C=O) groups is 1. The molecule has 2 fully saturated rings. The van der Waals surface area contributed by atoms with Crippen LogP contribution in [0.15, 0.2) is 24.5 Å². The first-order valence-electron chi connectivity index (χ1n) is 10.9. The monoisotopic (exact) mass is 391 g/mol. The van der Waals surface area contributed by atoms with Gasteiger partial charge >= 0.3 is 0 Å². The van der Waals surface area contributed by atoms with Crippen LogP contribution in [0.5, 0.6) is 0 Å². The maximum atomic E-state index is 12.7. The lowest BCUT2D eigenvalue weighted by molar-refractivity contribution is -0.123. The van der Waals surface area contributed by atoms with Crippen LogP contribution in [0.4, 0.5) is 5.69 Å². The molecule has 2 aliphatic heterocycles. The highest BCUT2D eigenvalue weighted by Gasteiger charge is 2.26. The van der Waals surface area contributed by atoms with E-state index < -0.39 is 0 Å². The molecule has 0 atom stereocenters. The maximum absolute atomic E-state index is 12.7. The van der Waals surface area contributed by atoms with Gasteiger partial charge in [0.05, 0.1) is 11.3 Å². The fraction of sp³-hybridized carbons (Fsp3) is 0.565. The van der Waals surface area contributed by atoms with Crippen molar-refractivity contribution < 1.29 is 4.79 Å². The Balaban J connectivity index is 1.32. The van der Waals surface area contributed by atoms with Gasteiger partial charge in [0.2, 0.25) is 0 Å². The standard InChI is InChI=1S/C23H29N5O/c24-17-19-6-7-20(23-22(19)25-10-11-26-23)28-15-8-18(9-16-28)21(29)5-4-14-27-12-2-1-3-13-27/h6-7,10-11,18H,1-5,8-9,12-16H2. The number of carbonyl (C=O) groups excluding carboxylic acids is 1. The normalized spacial score (nSPS) is 18.7. The highest BCUT2D eigenvalue weighted by Crippen LogP contribution is 2.30. The molecule has 0 spiro atoms. The van der Waals surface area contributed by atoms with Crippen molar-refractivity contribution in [3.05, 3.63) is 30.1 Å². The first kappa shape index (κ1) is 19.8. The second-order valence-electron chi connectivity index (χ2n) is 8.23. The lowest BCUT2D eigenvalue weighted by atomic mass is 9.90. The van der Waals surface area contributed by atoms with Gasteiger partial charge in [-0.2, -0.15) is 5.26 Å². The van der Waals surface area contributed by atoms with Crippen LogP contribution in [0.3, 0.4) is 0 Å². The predicted octanol–water partition coefficient (Wildman–Crippen LogP) is 3.55. The molecule has 0 unspecified atom stereocenters. The first-order valence-corrected chi connectivity index (χ1v) is 10.9. The van der Waals surface area contributed by atoms with E-state index in [-0.39, 0.29) is 5.92 Å². The van der Waals surface area contributed by atoms with Gasteiger partial charge in [-0.25, -0.2) is 0 Å². The number of rotatable bonds is 6. The van der Waals surface area contributed by atoms with Crippen LogP contribution < -0.4 is 4.90 Å². The fourth-order valence-electron chi connectivity index (χ4n) is 4.69. The first-order chi connectivity index (χ1) is 14.3. The molecule has 0 N–H and O–H groups in total. The second-order valence-corrected chi connectivity index (χ2v) is 8.23. The summed E-state index contributed by atoms with van der Waals surface area (Å²) < 4.78 is 0. The Bertz CT molecular complexity index is 892. The Hall–Kier alpha value is -2.52. The van der Waals surface area contributed by atoms with Crippen molar-refractivity contribution >= 4 is 22.5 Å². The number of nitriles is 1. The third kappa shape index (κ3) is 4.56. The summed E-state index contributed by atoms with van der Waals surface area (Å²) in [4.78, 5) is 26.3. The van der Waals surface area contributed by atoms with E-state index in [1.165, 1.54) is 32.4 Å². The highest BCUT2D eigenvalue weighted by atomic mass is 16.1. The zero-order valence-corrected chi connectivity index (χ0v) is 17.0. The van der Waals surface area contributed by atoms with E-state index in [2.05, 4.69) is 25.8 Å². The lowest BCUT2D eigenvalue weighted by Crippen LogP contribution is -2.37. The number of likely N-dealkylation sites (tertiary alicyclic amines) is 1. The molecule has 0 saturated carbocycles. The second kappa shape index (κ2) is 9.32. The molecule has 3 heterocycles. The quantitative estimate of drug-likeness (QED) is 0.750. The molecule has 0 bridgehead atoms. The molecule has 0 amide bonds. The average molecular weight is 392 g/mol. The average Bonchev–Trinajstić information content (AvgIpc) is 2.79. The molecular weight excluding hydrogens is 362 g/mol. The van der Waals surface area contributed by atoms with Crippen molar-refractivity contribution in [3.63, 3.8) is 0 Å². The summed E-state index contributed by atoms with van der Waals surface area (Å²) in [5.74, 6) is 0.620. The summed E-state index contributed by atoms with van der Waals surface area (Å²) >= 11 is 0. The minimum absolute atomic E-state index is 0.184. The Morgan fingerprint density at radius 2 is 1.76 bits per heavy atom. The molecule has 6 nitrogen and oxygen atoms in total. The van der Waals surface area contributed by atoms with E-state index in [0.29, 0.717) is 23.3 Å². The number of benzene rings is 1. The van der Waals surface area contributed by atoms with E-state index in [9.17, 15) is 10.1 Å². The van der Waals surface area contributed by atoms with E-state index in [0.717, 1.165) is 50.1 Å². The van der Waals surface area contributed by atoms with Crippen molar-refractivity contribution in [2.45, 2.75) is 44.9 Å². The number of nitrogens with zero attached hydrogens (tertiary/aromatic N) is 5. The Labute approximate surface area is 172 Å². The predicted molar refractivity (Wildman–Crippen MR) is 114 cm³/mol. The highest BCUT2D eigenvalue weighted by molar-refractivity contribution is 5.92. The number of Topliss-reactive ketones (excluding diaryl/α,β-unsaturated/α-hetero) is 1. The molecule has 1 aromatic heterocycles. The van der Waals surface area contributed by atoms with Gasteiger partial charge in [0.15, 0.2) is 0 Å². The zero-order chi connectivity index (χ0) is 20.1. The van der Waals surface area contributed by atoms with Gasteiger partial charge in [-0.15, -0.1) is 0 Å². The summed E-state index contributed by atoms with van der Waals surface area (Å²) in [5, 5.41) is 9.31. The van der Waals surface area contributed by atoms with E-state index in [1.807, 2.05) is 12.1 Å². The summed E-state index contributed by atoms with van der Waals surface area (Å²) in [6, 6.07) is 5.99. The minimum atomic E-state index is 0.184. The molecule has 4 rings (SSSR count). The maximum Gasteiger partial charge on any atom is 0.136 e. The number of fused-ring (bicyclic) bond motifs is 1. The third-order valence-corrected chi connectivity index (χ3v) is 6.36. The number of aromatic nitrogens is 2. The fourth-order valence-corrected chi connectivity index (χ4v) is 4.69. The summed E-state index contributed by atoms with van der Waals surface area (Å²) in [6.45, 7) is 5.17. The van der Waals surface area contributed by atoms with Crippen molar-refractivity contribution in [2.75, 3.05) is 37.6 Å². The zero-order valence-electron chi connectivity index (χ0n) is 17.0. The topological polar surface area (TPSA) is 73.1 Å². The Kier molecular flexibility index (Phi) is 6.36. The van der Waals surface area contributed by atoms with Crippen LogP contribution in [-0.4, -0.2) is 53.4 Å². The van der Waals surface area contributed by atoms with Crippen molar-refractivity contribution in [3.8, 4) is 6.07 Å². The molecule has 2 aliphatic rings. The van der Waals surface area contributed by atoms with E-state index in [4.69, 9.17) is 0 Å². The summed E-state index contributed by atoms with van der Waals surface area (Å²) in [5.41, 5.74) is 3.00. The van der Waals surface area contributed by atoms with Gasteiger partial charge in [0.25, 0.3) is 0 Å². The van der Waals surface area contributed by atoms with E-state index >= 15 is 0 Å². The van der Waals surface area contributed by atoms with Gasteiger partial charge in [-0.05, 0) is 63.9 Å². The number of ketones is 1. The Morgan fingerprint density at radius 1 is 1.03 bits per heavy atom. The molecule has 1 aromatic carbocycles. The SMILES string of the molecule is N#Cc1ccc(N2CCC(C(=O)CCCN3CCCCC3)CC2)c2nccnc12. The minimum Gasteiger partial charge on any atom is -0.370 e. The van der Waals surface area contributed by atoms with Crippen LogP contribution in [0.1, 0.15) is 50.5 Å². The molecule has 0 radical (unpaired) electrons. The largest absolute Gasteiger partial charge is 0.370 e. The van der Waals surface area contributed by atoms with Gasteiger partial charge in [0.1, 0.15) is 22.9 Å². The lowest BCUT2D eigenvalue weighted by Gasteiger charge is -2.33. The third-order valence-electron chi connectivity index (χ3n) is 6.36. The number of hydrogen-bond donors (Lipinski definition) is 0. The number of hydrogen-bond acceptors (Lipinski definition) is 6. The summed E-state index contributed by atoms with van der Waals surface area (Å²) in [7, 11) is 0. The van der Waals surface area contributed by atoms with Crippen LogP contribution in [0.25, 0.3) is 11.0 Å². The van der Waals surface area contributed by atoms with Gasteiger partial charge < -0.3 is 9.80 Å². The van der Waals surface area contributed by atoms with Crippen molar-refractivity contribution in [1.82, 2.24) is 14.9 Å². The van der Waals surface area contributed by atoms with E-state index in [1.54, 1.807) is 12.4 Å². The van der Waals surface area contributed by atoms with Crippen LogP contribution in [0.2, 0.25) is 0 Å². The molecule has 2 aromatic rings. The molecule has 0 aliphatic carbocycles. The van der Waals surface area contributed by atoms with Gasteiger partial charge in [-0.1, -0.05) is 6.42 Å². The van der Waals surface area contributed by atoms with Crippen LogP contribution in [0, 0.1) is 17.2 Å². The molecule has 152 valence electrons. The summed E-state index contributed by atoms with van der Waals surface area (Å²) in [6.07, 6.45) is 10.8. The van der Waals surface area contributed by atoms with Gasteiger partial charge in [0, 0.05) is 37.8 Å². The molecule has 6 heteroatoms. The number of anilines is 1. The smallest absolute Gasteiger partial charge is 0.136 e. The van der Waals surface area contributed by atoms with Crippen LogP contribution in [-0.2, 0) is 4.79 Å². The molecule has 2 saturated heterocycles.